The Balaban J connectivity index is 1.51. The molecule has 4 aromatic rings. The summed E-state index contributed by atoms with van der Waals surface area (Å²) >= 11 is 1.36. The van der Waals surface area contributed by atoms with Gasteiger partial charge in [-0.05, 0) is 36.2 Å². The third-order valence-electron chi connectivity index (χ3n) is 4.79. The minimum Gasteiger partial charge on any atom is -0.465 e. The van der Waals surface area contributed by atoms with Gasteiger partial charge in [0.15, 0.2) is 0 Å². The zero-order valence-electron chi connectivity index (χ0n) is 16.4. The van der Waals surface area contributed by atoms with Gasteiger partial charge < -0.3 is 21.1 Å². The molecule has 0 aliphatic carbocycles. The Kier molecular flexibility index (Phi) is 5.64. The Labute approximate surface area is 177 Å². The minimum atomic E-state index is -1.03. The predicted octanol–water partition coefficient (Wildman–Crippen LogP) is 3.78. The second kappa shape index (κ2) is 8.52. The number of aromatic nitrogens is 3. The molecule has 0 unspecified atom stereocenters. The van der Waals surface area contributed by atoms with E-state index in [1.807, 2.05) is 36.5 Å². The molecule has 1 amide bonds. The highest BCUT2D eigenvalue weighted by molar-refractivity contribution is 7.19. The van der Waals surface area contributed by atoms with Gasteiger partial charge in [0.1, 0.15) is 5.00 Å². The highest BCUT2D eigenvalue weighted by Gasteiger charge is 2.21. The number of H-pyrrole nitrogens is 1. The molecule has 0 spiro atoms. The summed E-state index contributed by atoms with van der Waals surface area (Å²) in [7, 11) is 1.75. The second-order valence-electron chi connectivity index (χ2n) is 6.87. The molecule has 1 aromatic carbocycles. The molecule has 30 heavy (non-hydrogen) atoms. The number of hydrogen-bond acceptors (Lipinski definition) is 6. The molecule has 4 rings (SSSR count). The summed E-state index contributed by atoms with van der Waals surface area (Å²) < 4.78 is 0. The van der Waals surface area contributed by atoms with E-state index in [1.54, 1.807) is 25.4 Å². The highest BCUT2D eigenvalue weighted by atomic mass is 32.1. The molecular weight excluding hydrogens is 400 g/mol. The van der Waals surface area contributed by atoms with Crippen LogP contribution in [0.4, 0.5) is 15.7 Å². The number of hydrogen-bond donors (Lipinski definition) is 4. The first kappa shape index (κ1) is 19.9. The Bertz CT molecular complexity index is 1170. The normalized spacial score (nSPS) is 12.1. The number of nitrogens with zero attached hydrogens (tertiary/aromatic N) is 3. The van der Waals surface area contributed by atoms with Crippen molar-refractivity contribution < 1.29 is 9.90 Å². The summed E-state index contributed by atoms with van der Waals surface area (Å²) in [4.78, 5) is 25.8. The Morgan fingerprint density at radius 3 is 2.93 bits per heavy atom. The van der Waals surface area contributed by atoms with Crippen LogP contribution >= 0.6 is 11.3 Å². The van der Waals surface area contributed by atoms with Gasteiger partial charge in [0.25, 0.3) is 0 Å². The van der Waals surface area contributed by atoms with Crippen molar-refractivity contribution in [1.29, 1.82) is 0 Å². The van der Waals surface area contributed by atoms with Gasteiger partial charge in [0, 0.05) is 42.9 Å². The third kappa shape index (κ3) is 4.12. The van der Waals surface area contributed by atoms with Crippen LogP contribution in [0.15, 0.2) is 54.9 Å². The van der Waals surface area contributed by atoms with Crippen LogP contribution in [-0.4, -0.2) is 45.8 Å². The van der Waals surface area contributed by atoms with Crippen molar-refractivity contribution in [3.8, 4) is 10.6 Å². The summed E-state index contributed by atoms with van der Waals surface area (Å²) in [6, 6.07) is 13.1. The molecule has 3 aromatic heterocycles. The molecule has 0 aliphatic heterocycles. The van der Waals surface area contributed by atoms with Crippen LogP contribution < -0.4 is 16.0 Å². The van der Waals surface area contributed by atoms with Gasteiger partial charge in [-0.2, -0.15) is 0 Å². The van der Waals surface area contributed by atoms with Gasteiger partial charge in [-0.25, -0.2) is 14.8 Å². The first-order valence-corrected chi connectivity index (χ1v) is 10.3. The molecule has 0 saturated heterocycles. The van der Waals surface area contributed by atoms with Crippen LogP contribution in [0.1, 0.15) is 5.56 Å². The van der Waals surface area contributed by atoms with Crippen molar-refractivity contribution >= 4 is 39.3 Å². The topological polar surface area (TPSA) is 120 Å². The Morgan fingerprint density at radius 1 is 1.30 bits per heavy atom. The average molecular weight is 423 g/mol. The van der Waals surface area contributed by atoms with Crippen LogP contribution in [0.5, 0.6) is 0 Å². The number of benzene rings is 1. The number of carbonyl (C=O) groups is 1. The molecule has 1 atom stereocenters. The fraction of sp³-hybridized carbons (Fsp3) is 0.190. The van der Waals surface area contributed by atoms with Crippen LogP contribution in [0.25, 0.3) is 21.5 Å². The fourth-order valence-electron chi connectivity index (χ4n) is 3.37. The van der Waals surface area contributed by atoms with E-state index in [4.69, 9.17) is 5.73 Å². The number of fused-ring (bicyclic) bond motifs is 1. The zero-order valence-corrected chi connectivity index (χ0v) is 17.2. The summed E-state index contributed by atoms with van der Waals surface area (Å²) in [5.41, 5.74) is 9.20. The predicted molar refractivity (Wildman–Crippen MR) is 120 cm³/mol. The summed E-state index contributed by atoms with van der Waals surface area (Å²) in [6.07, 6.45) is 3.15. The monoisotopic (exact) mass is 422 g/mol. The maximum Gasteiger partial charge on any atom is 0.412 e. The van der Waals surface area contributed by atoms with Crippen LogP contribution in [-0.2, 0) is 6.42 Å². The average Bonchev–Trinajstić information content (AvgIpc) is 3.40. The lowest BCUT2D eigenvalue weighted by Gasteiger charge is -2.21. The third-order valence-corrected chi connectivity index (χ3v) is 5.93. The van der Waals surface area contributed by atoms with E-state index >= 15 is 0 Å². The van der Waals surface area contributed by atoms with Gasteiger partial charge in [-0.1, -0.05) is 18.2 Å². The number of nitrogens with two attached hydrogens (primary N) is 1. The number of carboxylic acid groups (broad SMARTS) is 1. The lowest BCUT2D eigenvalue weighted by Crippen LogP contribution is -2.41. The van der Waals surface area contributed by atoms with Gasteiger partial charge in [0.05, 0.1) is 10.6 Å². The largest absolute Gasteiger partial charge is 0.465 e. The van der Waals surface area contributed by atoms with Gasteiger partial charge in [-0.15, -0.1) is 11.3 Å². The number of nitrogens with one attached hydrogen (secondary N) is 2. The molecule has 3 heterocycles. The van der Waals surface area contributed by atoms with E-state index in [-0.39, 0.29) is 12.6 Å². The van der Waals surface area contributed by atoms with E-state index < -0.39 is 6.09 Å². The highest BCUT2D eigenvalue weighted by Crippen LogP contribution is 2.33. The Hall–Kier alpha value is -3.43. The maximum atomic E-state index is 11.9. The van der Waals surface area contributed by atoms with Crippen LogP contribution in [0.3, 0.4) is 0 Å². The molecule has 9 heteroatoms. The van der Waals surface area contributed by atoms with Crippen molar-refractivity contribution in [1.82, 2.24) is 15.0 Å². The lowest BCUT2D eigenvalue weighted by atomic mass is 10.1. The standard InChI is InChI=1S/C21H22N6O2S/c1-23-20-24-9-8-17(26-20)18-6-7-19(30-18)27(21(28)29)12-14(22)10-13-11-25-16-5-3-2-4-15(13)16/h2-9,11,14,25H,10,12,22H2,1H3,(H,28,29)(H,23,24,26)/t14-/m1/s1. The minimum absolute atomic E-state index is 0.195. The molecular formula is C21H22N6O2S. The smallest absolute Gasteiger partial charge is 0.412 e. The lowest BCUT2D eigenvalue weighted by molar-refractivity contribution is 0.201. The quantitative estimate of drug-likeness (QED) is 0.360. The number of thiophene rings is 1. The molecule has 0 radical (unpaired) electrons. The summed E-state index contributed by atoms with van der Waals surface area (Å²) in [5.74, 6) is 0.512. The fourth-order valence-corrected chi connectivity index (χ4v) is 4.35. The zero-order chi connectivity index (χ0) is 21.1. The second-order valence-corrected chi connectivity index (χ2v) is 7.93. The molecule has 5 N–H and O–H groups in total. The van der Waals surface area contributed by atoms with Crippen molar-refractivity contribution in [2.24, 2.45) is 5.73 Å². The van der Waals surface area contributed by atoms with Gasteiger partial charge in [-0.3, -0.25) is 4.90 Å². The number of aromatic amines is 1. The van der Waals surface area contributed by atoms with E-state index in [0.29, 0.717) is 17.4 Å². The summed E-state index contributed by atoms with van der Waals surface area (Å²) in [6.45, 7) is 0.195. The van der Waals surface area contributed by atoms with E-state index in [1.165, 1.54) is 16.2 Å². The van der Waals surface area contributed by atoms with Crippen LogP contribution in [0, 0.1) is 0 Å². The van der Waals surface area contributed by atoms with Crippen molar-refractivity contribution in [2.75, 3.05) is 23.8 Å². The van der Waals surface area contributed by atoms with Gasteiger partial charge >= 0.3 is 6.09 Å². The molecule has 154 valence electrons. The first-order valence-electron chi connectivity index (χ1n) is 9.47. The van der Waals surface area contributed by atoms with Crippen molar-refractivity contribution in [3.05, 3.63) is 60.4 Å². The van der Waals surface area contributed by atoms with Crippen LogP contribution in [0.2, 0.25) is 0 Å². The van der Waals surface area contributed by atoms with E-state index in [0.717, 1.165) is 27.0 Å². The van der Waals surface area contributed by atoms with Crippen molar-refractivity contribution in [3.63, 3.8) is 0 Å². The van der Waals surface area contributed by atoms with Crippen molar-refractivity contribution in [2.45, 2.75) is 12.5 Å². The number of amides is 1. The molecule has 0 bridgehead atoms. The number of rotatable bonds is 7. The number of anilines is 2. The Morgan fingerprint density at radius 2 is 2.13 bits per heavy atom. The van der Waals surface area contributed by atoms with Gasteiger partial charge in [0.2, 0.25) is 5.95 Å². The SMILES string of the molecule is CNc1nccc(-c2ccc(N(C[C@H](N)Cc3c[nH]c4ccccc34)C(=O)O)s2)n1. The molecule has 0 fully saturated rings. The molecule has 0 aliphatic rings. The molecule has 8 nitrogen and oxygen atoms in total. The van der Waals surface area contributed by atoms with E-state index in [2.05, 4.69) is 20.3 Å². The maximum absolute atomic E-state index is 11.9. The summed E-state index contributed by atoms with van der Waals surface area (Å²) in [5, 5.41) is 14.4. The number of para-hydroxylation sites is 1. The van der Waals surface area contributed by atoms with E-state index in [9.17, 15) is 9.90 Å². The first-order chi connectivity index (χ1) is 14.5. The molecule has 0 saturated carbocycles.